The van der Waals surface area contributed by atoms with Gasteiger partial charge in [0.25, 0.3) is 5.91 Å². The van der Waals surface area contributed by atoms with Gasteiger partial charge in [-0.1, -0.05) is 23.7 Å². The Bertz CT molecular complexity index is 1050. The Morgan fingerprint density at radius 3 is 3.08 bits per heavy atom. The molecule has 1 N–H and O–H groups in total. The van der Waals surface area contributed by atoms with E-state index < -0.39 is 0 Å². The van der Waals surface area contributed by atoms with Crippen LogP contribution in [-0.4, -0.2) is 36.1 Å². The van der Waals surface area contributed by atoms with Gasteiger partial charge in [-0.2, -0.15) is 5.10 Å². The zero-order valence-electron chi connectivity index (χ0n) is 13.8. The number of fused-ring (bicyclic) bond motifs is 1. The van der Waals surface area contributed by atoms with Crippen molar-refractivity contribution in [3.05, 3.63) is 59.2 Å². The zero-order valence-corrected chi connectivity index (χ0v) is 15.4. The number of thiazole rings is 1. The maximum absolute atomic E-state index is 12.6. The number of nitrogens with zero attached hydrogens (tertiary/aromatic N) is 5. The van der Waals surface area contributed by atoms with E-state index in [0.717, 1.165) is 16.2 Å². The molecule has 1 aromatic carbocycles. The van der Waals surface area contributed by atoms with Crippen molar-refractivity contribution in [2.75, 3.05) is 0 Å². The molecule has 3 aromatic heterocycles. The maximum Gasteiger partial charge on any atom is 0.269 e. The molecule has 1 unspecified atom stereocenters. The summed E-state index contributed by atoms with van der Waals surface area (Å²) in [6.45, 7) is 2.48. The highest BCUT2D eigenvalue weighted by Crippen LogP contribution is 2.25. The third kappa shape index (κ3) is 3.33. The van der Waals surface area contributed by atoms with E-state index in [0.29, 0.717) is 17.3 Å². The van der Waals surface area contributed by atoms with Crippen molar-refractivity contribution in [3.63, 3.8) is 0 Å². The van der Waals surface area contributed by atoms with Crippen LogP contribution in [0, 0.1) is 0 Å². The molecule has 0 fully saturated rings. The summed E-state index contributed by atoms with van der Waals surface area (Å²) in [5.74, 6) is -0.154. The Balaban J connectivity index is 1.55. The van der Waals surface area contributed by atoms with E-state index in [9.17, 15) is 4.79 Å². The number of rotatable bonds is 5. The minimum absolute atomic E-state index is 0.0879. The lowest BCUT2D eigenvalue weighted by atomic mass is 10.2. The third-order valence-electron chi connectivity index (χ3n) is 3.87. The molecule has 0 saturated heterocycles. The lowest BCUT2D eigenvalue weighted by molar-refractivity contribution is 0.0930. The van der Waals surface area contributed by atoms with Gasteiger partial charge in [-0.3, -0.25) is 13.9 Å². The van der Waals surface area contributed by atoms with E-state index in [4.69, 9.17) is 11.6 Å². The second kappa shape index (κ2) is 6.89. The highest BCUT2D eigenvalue weighted by Gasteiger charge is 2.17. The third-order valence-corrected chi connectivity index (χ3v) is 4.94. The number of nitrogens with one attached hydrogen (secondary N) is 1. The number of carbonyl (C=O) groups excluding carboxylic acids is 1. The summed E-state index contributed by atoms with van der Waals surface area (Å²) in [7, 11) is 0. The Hall–Kier alpha value is -2.71. The van der Waals surface area contributed by atoms with Crippen molar-refractivity contribution in [1.29, 1.82) is 0 Å². The molecule has 0 spiro atoms. The van der Waals surface area contributed by atoms with Crippen LogP contribution in [0.5, 0.6) is 0 Å². The van der Waals surface area contributed by atoms with E-state index in [-0.39, 0.29) is 11.9 Å². The Kier molecular flexibility index (Phi) is 4.44. The van der Waals surface area contributed by atoms with Crippen LogP contribution in [0.3, 0.4) is 0 Å². The minimum atomic E-state index is -0.154. The number of imidazole rings is 1. The number of aromatic nitrogens is 5. The molecule has 1 amide bonds. The summed E-state index contributed by atoms with van der Waals surface area (Å²) < 4.78 is 3.49. The van der Waals surface area contributed by atoms with E-state index in [1.165, 1.54) is 17.7 Å². The van der Waals surface area contributed by atoms with Crippen molar-refractivity contribution in [1.82, 2.24) is 29.5 Å². The number of hydrogen-bond acceptors (Lipinski definition) is 5. The van der Waals surface area contributed by atoms with Gasteiger partial charge >= 0.3 is 0 Å². The molecule has 132 valence electrons. The molecular weight excluding hydrogens is 372 g/mol. The lowest BCUT2D eigenvalue weighted by Crippen LogP contribution is -2.36. The monoisotopic (exact) mass is 386 g/mol. The number of halogens is 1. The first-order chi connectivity index (χ1) is 12.6. The van der Waals surface area contributed by atoms with Crippen LogP contribution in [0.1, 0.15) is 17.4 Å². The quantitative estimate of drug-likeness (QED) is 0.571. The second-order valence-electron chi connectivity index (χ2n) is 5.90. The van der Waals surface area contributed by atoms with Crippen LogP contribution in [0.4, 0.5) is 0 Å². The maximum atomic E-state index is 12.6. The van der Waals surface area contributed by atoms with Gasteiger partial charge in [0, 0.05) is 28.2 Å². The topological polar surface area (TPSA) is 77.1 Å². The Morgan fingerprint density at radius 2 is 2.31 bits per heavy atom. The predicted molar refractivity (Wildman–Crippen MR) is 100 cm³/mol. The molecule has 0 bridgehead atoms. The van der Waals surface area contributed by atoms with Crippen molar-refractivity contribution < 1.29 is 4.79 Å². The fourth-order valence-corrected chi connectivity index (χ4v) is 3.73. The number of amides is 1. The summed E-state index contributed by atoms with van der Waals surface area (Å²) in [4.78, 5) is 21.9. The van der Waals surface area contributed by atoms with Crippen molar-refractivity contribution in [2.24, 2.45) is 0 Å². The number of hydrogen-bond donors (Lipinski definition) is 1. The fraction of sp³-hybridized carbons (Fsp3) is 0.176. The van der Waals surface area contributed by atoms with Gasteiger partial charge in [-0.05, 0) is 19.1 Å². The van der Waals surface area contributed by atoms with Crippen molar-refractivity contribution in [2.45, 2.75) is 19.5 Å². The van der Waals surface area contributed by atoms with Gasteiger partial charge in [0.05, 0.1) is 12.2 Å². The molecule has 0 saturated carbocycles. The molecule has 0 aliphatic heterocycles. The average molecular weight is 387 g/mol. The predicted octanol–water partition coefficient (Wildman–Crippen LogP) is 3.13. The molecule has 26 heavy (non-hydrogen) atoms. The second-order valence-corrected chi connectivity index (χ2v) is 7.18. The molecule has 0 aliphatic carbocycles. The molecule has 0 radical (unpaired) electrons. The molecule has 3 heterocycles. The van der Waals surface area contributed by atoms with Crippen LogP contribution in [0.15, 0.2) is 48.5 Å². The van der Waals surface area contributed by atoms with E-state index in [1.807, 2.05) is 42.8 Å². The summed E-state index contributed by atoms with van der Waals surface area (Å²) >= 11 is 7.48. The van der Waals surface area contributed by atoms with E-state index in [2.05, 4.69) is 20.4 Å². The summed E-state index contributed by atoms with van der Waals surface area (Å²) in [6, 6.07) is 7.41. The van der Waals surface area contributed by atoms with Gasteiger partial charge < -0.3 is 5.32 Å². The summed E-state index contributed by atoms with van der Waals surface area (Å²) in [5.41, 5.74) is 2.25. The van der Waals surface area contributed by atoms with Gasteiger partial charge in [0.15, 0.2) is 4.96 Å². The zero-order chi connectivity index (χ0) is 18.1. The minimum Gasteiger partial charge on any atom is -0.346 e. The van der Waals surface area contributed by atoms with Crippen molar-refractivity contribution in [3.8, 4) is 11.3 Å². The lowest BCUT2D eigenvalue weighted by Gasteiger charge is -2.13. The largest absolute Gasteiger partial charge is 0.346 e. The first kappa shape index (κ1) is 16.7. The van der Waals surface area contributed by atoms with Crippen molar-refractivity contribution >= 4 is 33.8 Å². The summed E-state index contributed by atoms with van der Waals surface area (Å²) in [5, 5.41) is 9.49. The highest BCUT2D eigenvalue weighted by atomic mass is 35.5. The summed E-state index contributed by atoms with van der Waals surface area (Å²) in [6.07, 6.45) is 4.95. The van der Waals surface area contributed by atoms with Gasteiger partial charge in [-0.25, -0.2) is 9.97 Å². The van der Waals surface area contributed by atoms with Crippen LogP contribution >= 0.6 is 22.9 Å². The van der Waals surface area contributed by atoms with Crippen LogP contribution in [0.2, 0.25) is 5.02 Å². The van der Waals surface area contributed by atoms with Gasteiger partial charge in [0.2, 0.25) is 0 Å². The fourth-order valence-electron chi connectivity index (χ4n) is 2.69. The highest BCUT2D eigenvalue weighted by molar-refractivity contribution is 7.15. The van der Waals surface area contributed by atoms with Gasteiger partial charge in [-0.15, -0.1) is 11.3 Å². The number of carbonyl (C=O) groups is 1. The van der Waals surface area contributed by atoms with E-state index >= 15 is 0 Å². The molecule has 0 aliphatic rings. The van der Waals surface area contributed by atoms with E-state index in [1.54, 1.807) is 15.4 Å². The Labute approximate surface area is 158 Å². The normalized spacial score (nSPS) is 12.4. The molecule has 4 rings (SSSR count). The SMILES string of the molecule is CC(Cn1cncn1)NC(=O)c1csc2nc(-c3cccc(Cl)c3)cn12. The smallest absolute Gasteiger partial charge is 0.269 e. The van der Waals surface area contributed by atoms with Crippen LogP contribution in [0.25, 0.3) is 16.2 Å². The molecule has 4 aromatic rings. The Morgan fingerprint density at radius 1 is 1.42 bits per heavy atom. The molecule has 9 heteroatoms. The molecule has 1 atom stereocenters. The first-order valence-corrected chi connectivity index (χ1v) is 9.22. The van der Waals surface area contributed by atoms with Crippen LogP contribution in [-0.2, 0) is 6.54 Å². The molecule has 7 nitrogen and oxygen atoms in total. The van der Waals surface area contributed by atoms with Gasteiger partial charge in [0.1, 0.15) is 18.3 Å². The average Bonchev–Trinajstić information content (AvgIpc) is 3.30. The molecular formula is C17H15ClN6OS. The standard InChI is InChI=1S/C17H15ClN6OS/c1-11(6-23-10-19-9-20-23)21-16(25)15-8-26-17-22-14(7-24(15)17)12-3-2-4-13(18)5-12/h2-5,7-11H,6H2,1H3,(H,21,25). The van der Waals surface area contributed by atoms with Crippen LogP contribution < -0.4 is 5.32 Å². The number of benzene rings is 1. The first-order valence-electron chi connectivity index (χ1n) is 7.96.